The summed E-state index contributed by atoms with van der Waals surface area (Å²) in [7, 11) is 0. The van der Waals surface area contributed by atoms with Crippen LogP contribution in [-0.4, -0.2) is 45.7 Å². The van der Waals surface area contributed by atoms with Crippen LogP contribution in [0.2, 0.25) is 0 Å². The minimum absolute atomic E-state index is 0.0665. The summed E-state index contributed by atoms with van der Waals surface area (Å²) in [4.78, 5) is 27.6. The number of amides is 1. The van der Waals surface area contributed by atoms with Crippen molar-refractivity contribution in [3.8, 4) is 5.88 Å². The van der Waals surface area contributed by atoms with E-state index >= 15 is 0 Å². The van der Waals surface area contributed by atoms with E-state index in [-0.39, 0.29) is 23.6 Å². The van der Waals surface area contributed by atoms with Crippen molar-refractivity contribution >= 4 is 23.6 Å². The Hall–Kier alpha value is -3.56. The number of nitrogens with zero attached hydrogens (tertiary/aromatic N) is 2. The van der Waals surface area contributed by atoms with Gasteiger partial charge in [0.25, 0.3) is 5.88 Å². The summed E-state index contributed by atoms with van der Waals surface area (Å²) in [6, 6.07) is 19.9. The van der Waals surface area contributed by atoms with Crippen molar-refractivity contribution in [1.82, 2.24) is 10.1 Å². The fraction of sp³-hybridized carbons (Fsp3) is 0.208. The number of ether oxygens (including phenoxy) is 2. The van der Waals surface area contributed by atoms with Crippen LogP contribution in [-0.2, 0) is 14.3 Å². The van der Waals surface area contributed by atoms with Crippen LogP contribution in [0.1, 0.15) is 17.2 Å². The van der Waals surface area contributed by atoms with E-state index in [1.807, 2.05) is 60.7 Å². The summed E-state index contributed by atoms with van der Waals surface area (Å²) in [5.41, 5.74) is 8.44. The number of β-lactam (4-membered cyclic amide) rings is 1. The number of aromatic nitrogens is 1. The third kappa shape index (κ3) is 4.12. The topological polar surface area (TPSA) is 108 Å². The third-order valence-corrected chi connectivity index (χ3v) is 6.88. The summed E-state index contributed by atoms with van der Waals surface area (Å²) < 4.78 is 16.5. The Bertz CT molecular complexity index is 1130. The fourth-order valence-electron chi connectivity index (χ4n) is 3.86. The number of hydrogen-bond acceptors (Lipinski definition) is 8. The molecule has 9 heteroatoms. The number of benzene rings is 2. The summed E-state index contributed by atoms with van der Waals surface area (Å²) in [5, 5.41) is 3.43. The van der Waals surface area contributed by atoms with Crippen molar-refractivity contribution in [3.63, 3.8) is 0 Å². The molecule has 33 heavy (non-hydrogen) atoms. The van der Waals surface area contributed by atoms with Gasteiger partial charge in [0, 0.05) is 17.4 Å². The van der Waals surface area contributed by atoms with Crippen LogP contribution in [0.3, 0.4) is 0 Å². The second-order valence-corrected chi connectivity index (χ2v) is 8.73. The smallest absolute Gasteiger partial charge is 0.356 e. The number of thioether (sulfide) groups is 1. The standard InChI is InChI=1S/C24H21N3O5S/c25-19-22(28)27-20(17(14-33-23(19)27)13-30-18-11-12-31-26-18)24(29)32-21(15-7-3-1-4-8-15)16-9-5-2-6-10-16/h1-12,19,21,23H,13-14,25H2/t19?,23-/m1/s1. The first kappa shape index (κ1) is 21.3. The zero-order valence-electron chi connectivity index (χ0n) is 17.5. The summed E-state index contributed by atoms with van der Waals surface area (Å²) in [6.07, 6.45) is 0.760. The van der Waals surface area contributed by atoms with E-state index < -0.39 is 18.1 Å². The Morgan fingerprint density at radius 2 is 1.79 bits per heavy atom. The number of esters is 1. The van der Waals surface area contributed by atoms with Crippen molar-refractivity contribution in [2.75, 3.05) is 12.4 Å². The van der Waals surface area contributed by atoms with Gasteiger partial charge >= 0.3 is 5.97 Å². The fourth-order valence-corrected chi connectivity index (χ4v) is 5.14. The van der Waals surface area contributed by atoms with Crippen LogP contribution in [0, 0.1) is 0 Å². The highest BCUT2D eigenvalue weighted by molar-refractivity contribution is 8.00. The lowest BCUT2D eigenvalue weighted by atomic mass is 10.0. The predicted molar refractivity (Wildman–Crippen MR) is 121 cm³/mol. The lowest BCUT2D eigenvalue weighted by molar-refractivity contribution is -0.153. The minimum atomic E-state index is -0.644. The summed E-state index contributed by atoms with van der Waals surface area (Å²) in [6.45, 7) is 0.0665. The van der Waals surface area contributed by atoms with Crippen molar-refractivity contribution in [1.29, 1.82) is 0 Å². The Labute approximate surface area is 194 Å². The Balaban J connectivity index is 1.47. The van der Waals surface area contributed by atoms with Gasteiger partial charge in [0.2, 0.25) is 5.91 Å². The molecular weight excluding hydrogens is 442 g/mol. The molecule has 8 nitrogen and oxygen atoms in total. The largest absolute Gasteiger partial charge is 0.471 e. The van der Waals surface area contributed by atoms with Crippen molar-refractivity contribution in [3.05, 3.63) is 95.4 Å². The van der Waals surface area contributed by atoms with Gasteiger partial charge < -0.3 is 19.7 Å². The minimum Gasteiger partial charge on any atom is -0.471 e. The van der Waals surface area contributed by atoms with Gasteiger partial charge in [-0.1, -0.05) is 60.7 Å². The first-order chi connectivity index (χ1) is 16.1. The van der Waals surface area contributed by atoms with Crippen LogP contribution < -0.4 is 10.5 Å². The number of fused-ring (bicyclic) bond motifs is 1. The maximum Gasteiger partial charge on any atom is 0.356 e. The van der Waals surface area contributed by atoms with Crippen LogP contribution in [0.5, 0.6) is 5.88 Å². The van der Waals surface area contributed by atoms with Gasteiger partial charge in [-0.05, 0) is 16.3 Å². The van der Waals surface area contributed by atoms with Gasteiger partial charge in [-0.15, -0.1) is 11.8 Å². The van der Waals surface area contributed by atoms with E-state index in [0.717, 1.165) is 11.1 Å². The number of carbonyl (C=O) groups is 2. The van der Waals surface area contributed by atoms with Crippen molar-refractivity contribution in [2.24, 2.45) is 5.73 Å². The lowest BCUT2D eigenvalue weighted by Crippen LogP contribution is -2.68. The number of rotatable bonds is 7. The molecule has 3 aromatic rings. The average molecular weight is 464 g/mol. The molecular formula is C24H21N3O5S. The molecule has 1 aromatic heterocycles. The molecule has 1 amide bonds. The molecule has 1 fully saturated rings. The molecule has 0 bridgehead atoms. The zero-order chi connectivity index (χ0) is 22.8. The molecule has 1 saturated heterocycles. The molecule has 0 spiro atoms. The highest BCUT2D eigenvalue weighted by Crippen LogP contribution is 2.40. The normalized spacial score (nSPS) is 19.8. The Morgan fingerprint density at radius 3 is 2.39 bits per heavy atom. The van der Waals surface area contributed by atoms with E-state index in [2.05, 4.69) is 5.16 Å². The van der Waals surface area contributed by atoms with Gasteiger partial charge in [-0.3, -0.25) is 9.69 Å². The van der Waals surface area contributed by atoms with Crippen molar-refractivity contribution < 1.29 is 23.6 Å². The molecule has 0 saturated carbocycles. The van der Waals surface area contributed by atoms with Gasteiger partial charge in [0.1, 0.15) is 30.0 Å². The van der Waals surface area contributed by atoms with E-state index in [1.165, 1.54) is 22.9 Å². The number of hydrogen-bond donors (Lipinski definition) is 1. The van der Waals surface area contributed by atoms with Crippen LogP contribution in [0.4, 0.5) is 0 Å². The molecule has 2 aromatic carbocycles. The SMILES string of the molecule is NC1C(=O)N2C(C(=O)OC(c3ccccc3)c3ccccc3)=C(COc3ccon3)CS[C@H]12. The third-order valence-electron chi connectivity index (χ3n) is 5.52. The number of carbonyl (C=O) groups excluding carboxylic acids is 2. The van der Waals surface area contributed by atoms with Crippen LogP contribution in [0.25, 0.3) is 0 Å². The molecule has 168 valence electrons. The van der Waals surface area contributed by atoms with Gasteiger partial charge in [-0.25, -0.2) is 4.79 Å². The van der Waals surface area contributed by atoms with E-state index in [1.54, 1.807) is 6.07 Å². The second kappa shape index (κ2) is 9.13. The first-order valence-corrected chi connectivity index (χ1v) is 11.4. The highest BCUT2D eigenvalue weighted by Gasteiger charge is 2.52. The summed E-state index contributed by atoms with van der Waals surface area (Å²) >= 11 is 1.49. The maximum atomic E-state index is 13.6. The lowest BCUT2D eigenvalue weighted by Gasteiger charge is -2.48. The quantitative estimate of drug-likeness (QED) is 0.421. The molecule has 0 aliphatic carbocycles. The molecule has 2 atom stereocenters. The average Bonchev–Trinajstić information content (AvgIpc) is 3.39. The predicted octanol–water partition coefficient (Wildman–Crippen LogP) is 2.88. The van der Waals surface area contributed by atoms with Gasteiger partial charge in [-0.2, -0.15) is 0 Å². The monoisotopic (exact) mass is 463 g/mol. The van der Waals surface area contributed by atoms with Crippen LogP contribution in [0.15, 0.2) is 88.8 Å². The molecule has 0 radical (unpaired) electrons. The molecule has 1 unspecified atom stereocenters. The van der Waals surface area contributed by atoms with Crippen LogP contribution >= 0.6 is 11.8 Å². The first-order valence-electron chi connectivity index (χ1n) is 10.4. The molecule has 5 rings (SSSR count). The van der Waals surface area contributed by atoms with Gasteiger partial charge in [0.15, 0.2) is 6.10 Å². The second-order valence-electron chi connectivity index (χ2n) is 7.62. The molecule has 2 aliphatic rings. The van der Waals surface area contributed by atoms with E-state index in [9.17, 15) is 9.59 Å². The zero-order valence-corrected chi connectivity index (χ0v) is 18.3. The molecule has 2 N–H and O–H groups in total. The highest BCUT2D eigenvalue weighted by atomic mass is 32.2. The van der Waals surface area contributed by atoms with Gasteiger partial charge in [0.05, 0.1) is 0 Å². The maximum absolute atomic E-state index is 13.6. The van der Waals surface area contributed by atoms with Crippen molar-refractivity contribution in [2.45, 2.75) is 17.5 Å². The molecule has 2 aliphatic heterocycles. The number of nitrogens with two attached hydrogens (primary N) is 1. The van der Waals surface area contributed by atoms with E-state index in [4.69, 9.17) is 19.7 Å². The Kier molecular flexibility index (Phi) is 5.89. The summed E-state index contributed by atoms with van der Waals surface area (Å²) in [5.74, 6) is -0.141. The molecule has 3 heterocycles. The Morgan fingerprint density at radius 1 is 1.12 bits per heavy atom. The van der Waals surface area contributed by atoms with E-state index in [0.29, 0.717) is 17.2 Å².